The zero-order valence-electron chi connectivity index (χ0n) is 9.58. The minimum absolute atomic E-state index is 0.00856. The summed E-state index contributed by atoms with van der Waals surface area (Å²) in [6, 6.07) is 1.92. The second-order valence-electron chi connectivity index (χ2n) is 4.22. The van der Waals surface area contributed by atoms with Crippen LogP contribution in [0.4, 0.5) is 0 Å². The number of likely N-dealkylation sites (tertiary alicyclic amines) is 1. The van der Waals surface area contributed by atoms with Gasteiger partial charge in [-0.15, -0.1) is 11.3 Å². The van der Waals surface area contributed by atoms with Crippen molar-refractivity contribution in [2.24, 2.45) is 0 Å². The van der Waals surface area contributed by atoms with Gasteiger partial charge in [-0.2, -0.15) is 0 Å². The highest BCUT2D eigenvalue weighted by atomic mass is 32.1. The van der Waals surface area contributed by atoms with Crippen molar-refractivity contribution in [3.05, 3.63) is 21.4 Å². The molecule has 1 fully saturated rings. The molecule has 1 aromatic rings. The maximum absolute atomic E-state index is 12.1. The summed E-state index contributed by atoms with van der Waals surface area (Å²) in [4.78, 5) is 27.0. The lowest BCUT2D eigenvalue weighted by Crippen LogP contribution is -2.39. The van der Waals surface area contributed by atoms with Crippen LogP contribution in [0, 0.1) is 13.8 Å². The van der Waals surface area contributed by atoms with Crippen LogP contribution < -0.4 is 0 Å². The van der Waals surface area contributed by atoms with E-state index in [4.69, 9.17) is 0 Å². The minimum atomic E-state index is 0.00856. The number of thiophene rings is 1. The van der Waals surface area contributed by atoms with E-state index in [9.17, 15) is 9.59 Å². The number of Topliss-reactive ketones (excluding diaryl/α,β-unsaturated/α-hetero) is 1. The van der Waals surface area contributed by atoms with Crippen LogP contribution in [-0.2, 0) is 4.79 Å². The van der Waals surface area contributed by atoms with Gasteiger partial charge in [0.25, 0.3) is 5.91 Å². The molecular weight excluding hydrogens is 222 g/mol. The SMILES string of the molecule is Cc1cc(C(=O)N2CCCC(=O)C2)sc1C. The van der Waals surface area contributed by atoms with Crippen molar-refractivity contribution in [2.75, 3.05) is 13.1 Å². The van der Waals surface area contributed by atoms with Crippen LogP contribution in [0.2, 0.25) is 0 Å². The van der Waals surface area contributed by atoms with E-state index in [0.29, 0.717) is 13.0 Å². The number of hydrogen-bond acceptors (Lipinski definition) is 3. The smallest absolute Gasteiger partial charge is 0.264 e. The summed E-state index contributed by atoms with van der Waals surface area (Å²) in [7, 11) is 0. The number of hydrogen-bond donors (Lipinski definition) is 0. The van der Waals surface area contributed by atoms with E-state index < -0.39 is 0 Å². The number of rotatable bonds is 1. The molecule has 2 heterocycles. The van der Waals surface area contributed by atoms with Gasteiger partial charge in [-0.05, 0) is 31.9 Å². The quantitative estimate of drug-likeness (QED) is 0.750. The Morgan fingerprint density at radius 2 is 2.19 bits per heavy atom. The number of carbonyl (C=O) groups is 2. The lowest BCUT2D eigenvalue weighted by molar-refractivity contribution is -0.121. The molecule has 0 unspecified atom stereocenters. The highest BCUT2D eigenvalue weighted by Gasteiger charge is 2.23. The first-order chi connectivity index (χ1) is 7.58. The molecule has 1 aromatic heterocycles. The van der Waals surface area contributed by atoms with E-state index in [-0.39, 0.29) is 18.2 Å². The molecule has 0 atom stereocenters. The van der Waals surface area contributed by atoms with Gasteiger partial charge in [0, 0.05) is 17.8 Å². The predicted octanol–water partition coefficient (Wildman–Crippen LogP) is 2.17. The maximum Gasteiger partial charge on any atom is 0.264 e. The molecule has 1 aliphatic heterocycles. The van der Waals surface area contributed by atoms with Crippen molar-refractivity contribution in [3.63, 3.8) is 0 Å². The molecule has 2 rings (SSSR count). The van der Waals surface area contributed by atoms with E-state index in [1.807, 2.05) is 19.9 Å². The van der Waals surface area contributed by atoms with Gasteiger partial charge in [0.2, 0.25) is 0 Å². The van der Waals surface area contributed by atoms with Crippen molar-refractivity contribution in [1.29, 1.82) is 0 Å². The van der Waals surface area contributed by atoms with E-state index in [2.05, 4.69) is 0 Å². The highest BCUT2D eigenvalue weighted by Crippen LogP contribution is 2.23. The topological polar surface area (TPSA) is 37.4 Å². The van der Waals surface area contributed by atoms with E-state index in [0.717, 1.165) is 16.9 Å². The molecule has 0 N–H and O–H groups in total. The molecule has 0 radical (unpaired) electrons. The van der Waals surface area contributed by atoms with Crippen LogP contribution in [0.5, 0.6) is 0 Å². The molecule has 0 aromatic carbocycles. The normalized spacial score (nSPS) is 16.6. The highest BCUT2D eigenvalue weighted by molar-refractivity contribution is 7.14. The summed E-state index contributed by atoms with van der Waals surface area (Å²) in [5.74, 6) is 0.179. The number of carbonyl (C=O) groups excluding carboxylic acids is 2. The van der Waals surface area contributed by atoms with Crippen molar-refractivity contribution < 1.29 is 9.59 Å². The minimum Gasteiger partial charge on any atom is -0.331 e. The van der Waals surface area contributed by atoms with E-state index >= 15 is 0 Å². The van der Waals surface area contributed by atoms with Gasteiger partial charge >= 0.3 is 0 Å². The zero-order valence-corrected chi connectivity index (χ0v) is 10.4. The third-order valence-electron chi connectivity index (χ3n) is 2.91. The summed E-state index contributed by atoms with van der Waals surface area (Å²) in [5, 5.41) is 0. The monoisotopic (exact) mass is 237 g/mol. The van der Waals surface area contributed by atoms with Gasteiger partial charge in [0.1, 0.15) is 0 Å². The van der Waals surface area contributed by atoms with Gasteiger partial charge in [-0.1, -0.05) is 0 Å². The van der Waals surface area contributed by atoms with Crippen LogP contribution in [-0.4, -0.2) is 29.7 Å². The molecule has 1 aliphatic rings. The molecule has 0 bridgehead atoms. The first-order valence-electron chi connectivity index (χ1n) is 5.46. The summed E-state index contributed by atoms with van der Waals surface area (Å²) in [6.45, 7) is 5.01. The molecule has 0 spiro atoms. The molecular formula is C12H15NO2S. The van der Waals surface area contributed by atoms with E-state index in [1.54, 1.807) is 4.90 Å². The molecule has 16 heavy (non-hydrogen) atoms. The Balaban J connectivity index is 2.15. The van der Waals surface area contributed by atoms with Crippen molar-refractivity contribution in [3.8, 4) is 0 Å². The van der Waals surface area contributed by atoms with Gasteiger partial charge in [0.05, 0.1) is 11.4 Å². The van der Waals surface area contributed by atoms with Crippen LogP contribution >= 0.6 is 11.3 Å². The lowest BCUT2D eigenvalue weighted by Gasteiger charge is -2.25. The molecule has 0 aliphatic carbocycles. The van der Waals surface area contributed by atoms with E-state index in [1.165, 1.54) is 16.2 Å². The molecule has 1 saturated heterocycles. The van der Waals surface area contributed by atoms with Gasteiger partial charge < -0.3 is 4.90 Å². The largest absolute Gasteiger partial charge is 0.331 e. The number of amides is 1. The Labute approximate surface area is 99.1 Å². The summed E-state index contributed by atoms with van der Waals surface area (Å²) in [5.41, 5.74) is 1.15. The van der Waals surface area contributed by atoms with Crippen LogP contribution in [0.25, 0.3) is 0 Å². The number of nitrogens with zero attached hydrogens (tertiary/aromatic N) is 1. The van der Waals surface area contributed by atoms with Crippen LogP contribution in [0.1, 0.15) is 33.0 Å². The fourth-order valence-electron chi connectivity index (χ4n) is 1.85. The summed E-state index contributed by atoms with van der Waals surface area (Å²) in [6.07, 6.45) is 1.42. The van der Waals surface area contributed by atoms with Crippen molar-refractivity contribution in [2.45, 2.75) is 26.7 Å². The van der Waals surface area contributed by atoms with Crippen LogP contribution in [0.3, 0.4) is 0 Å². The Hall–Kier alpha value is -1.16. The Morgan fingerprint density at radius 3 is 2.75 bits per heavy atom. The fraction of sp³-hybridized carbons (Fsp3) is 0.500. The zero-order chi connectivity index (χ0) is 11.7. The Morgan fingerprint density at radius 1 is 1.44 bits per heavy atom. The first-order valence-corrected chi connectivity index (χ1v) is 6.27. The van der Waals surface area contributed by atoms with Crippen molar-refractivity contribution >= 4 is 23.0 Å². The standard InChI is InChI=1S/C12H15NO2S/c1-8-6-11(16-9(8)2)12(15)13-5-3-4-10(14)7-13/h6H,3-5,7H2,1-2H3. The molecule has 0 saturated carbocycles. The maximum atomic E-state index is 12.1. The van der Waals surface area contributed by atoms with Crippen LogP contribution in [0.15, 0.2) is 6.07 Å². The molecule has 4 heteroatoms. The number of aryl methyl sites for hydroxylation is 2. The average molecular weight is 237 g/mol. The van der Waals surface area contributed by atoms with Gasteiger partial charge in [0.15, 0.2) is 5.78 Å². The van der Waals surface area contributed by atoms with Gasteiger partial charge in [-0.3, -0.25) is 9.59 Å². The Kier molecular flexibility index (Phi) is 3.10. The second kappa shape index (κ2) is 4.37. The Bertz CT molecular complexity index is 417. The summed E-state index contributed by atoms with van der Waals surface area (Å²) >= 11 is 1.51. The second-order valence-corrected chi connectivity index (χ2v) is 5.48. The predicted molar refractivity (Wildman–Crippen MR) is 63.9 cm³/mol. The third-order valence-corrected chi connectivity index (χ3v) is 4.06. The first kappa shape index (κ1) is 11.3. The molecule has 1 amide bonds. The van der Waals surface area contributed by atoms with Crippen molar-refractivity contribution in [1.82, 2.24) is 4.90 Å². The lowest BCUT2D eigenvalue weighted by atomic mass is 10.1. The number of piperidine rings is 1. The summed E-state index contributed by atoms with van der Waals surface area (Å²) < 4.78 is 0. The molecule has 86 valence electrons. The fourth-order valence-corrected chi connectivity index (χ4v) is 2.85. The average Bonchev–Trinajstić information content (AvgIpc) is 2.58. The third kappa shape index (κ3) is 2.16. The molecule has 3 nitrogen and oxygen atoms in total. The van der Waals surface area contributed by atoms with Gasteiger partial charge in [-0.25, -0.2) is 0 Å². The number of ketones is 1.